The Kier molecular flexibility index (Phi) is 3.90. The maximum absolute atomic E-state index is 12.6. The van der Waals surface area contributed by atoms with Crippen molar-refractivity contribution in [1.29, 1.82) is 5.26 Å². The van der Waals surface area contributed by atoms with Crippen molar-refractivity contribution in [2.24, 2.45) is 0 Å². The number of rotatable bonds is 2. The lowest BCUT2D eigenvalue weighted by atomic mass is 10.2. The molecule has 1 aliphatic rings. The number of sulfonamides is 1. The molecule has 0 saturated carbocycles. The van der Waals surface area contributed by atoms with Gasteiger partial charge in [0, 0.05) is 12.6 Å². The van der Waals surface area contributed by atoms with Gasteiger partial charge in [-0.3, -0.25) is 0 Å². The molecule has 0 aliphatic carbocycles. The number of nitrogens with zero attached hydrogens (tertiary/aromatic N) is 2. The van der Waals surface area contributed by atoms with Crippen LogP contribution in [-0.4, -0.2) is 38.5 Å². The first-order valence-electron chi connectivity index (χ1n) is 6.07. The summed E-state index contributed by atoms with van der Waals surface area (Å²) in [6.45, 7) is 4.73. The van der Waals surface area contributed by atoms with E-state index in [0.717, 1.165) is 0 Å². The van der Waals surface area contributed by atoms with E-state index in [2.05, 4.69) is 0 Å². The molecule has 2 rings (SSSR count). The zero-order valence-corrected chi connectivity index (χ0v) is 11.8. The number of morpholine rings is 1. The van der Waals surface area contributed by atoms with Crippen molar-refractivity contribution in [3.05, 3.63) is 29.3 Å². The Hall–Kier alpha value is -1.42. The molecule has 0 unspecified atom stereocenters. The summed E-state index contributed by atoms with van der Waals surface area (Å²) < 4.78 is 31.9. The Morgan fingerprint density at radius 2 is 2.21 bits per heavy atom. The molecule has 6 heteroatoms. The summed E-state index contributed by atoms with van der Waals surface area (Å²) in [7, 11) is -3.52. The van der Waals surface area contributed by atoms with E-state index in [1.165, 1.54) is 16.4 Å². The van der Waals surface area contributed by atoms with Crippen LogP contribution in [0, 0.1) is 18.3 Å². The van der Waals surface area contributed by atoms with Crippen LogP contribution in [0.25, 0.3) is 0 Å². The molecule has 102 valence electrons. The molecule has 1 fully saturated rings. The first-order valence-corrected chi connectivity index (χ1v) is 7.51. The number of hydrogen-bond donors (Lipinski definition) is 0. The molecular formula is C13H16N2O3S. The van der Waals surface area contributed by atoms with Gasteiger partial charge in [0.15, 0.2) is 0 Å². The summed E-state index contributed by atoms with van der Waals surface area (Å²) in [4.78, 5) is 0.264. The van der Waals surface area contributed by atoms with Crippen LogP contribution < -0.4 is 0 Å². The fraction of sp³-hybridized carbons (Fsp3) is 0.462. The van der Waals surface area contributed by atoms with Crippen LogP contribution in [0.1, 0.15) is 18.1 Å². The van der Waals surface area contributed by atoms with E-state index in [-0.39, 0.29) is 10.9 Å². The van der Waals surface area contributed by atoms with Gasteiger partial charge < -0.3 is 4.74 Å². The highest BCUT2D eigenvalue weighted by Gasteiger charge is 2.32. The van der Waals surface area contributed by atoms with Crippen LogP contribution in [-0.2, 0) is 14.8 Å². The van der Waals surface area contributed by atoms with Gasteiger partial charge in [0.2, 0.25) is 10.0 Å². The Bertz CT molecular complexity index is 619. The van der Waals surface area contributed by atoms with Crippen molar-refractivity contribution in [2.75, 3.05) is 19.8 Å². The van der Waals surface area contributed by atoms with E-state index in [1.54, 1.807) is 13.0 Å². The minimum atomic E-state index is -3.52. The van der Waals surface area contributed by atoms with Crippen molar-refractivity contribution >= 4 is 10.0 Å². The lowest BCUT2D eigenvalue weighted by molar-refractivity contribution is 0.0392. The summed E-state index contributed by atoms with van der Waals surface area (Å²) in [6.07, 6.45) is 0. The van der Waals surface area contributed by atoms with Gasteiger partial charge in [0.05, 0.1) is 29.7 Å². The molecule has 0 spiro atoms. The molecule has 19 heavy (non-hydrogen) atoms. The third kappa shape index (κ3) is 2.63. The second-order valence-corrected chi connectivity index (χ2v) is 6.49. The number of nitriles is 1. The topological polar surface area (TPSA) is 70.4 Å². The van der Waals surface area contributed by atoms with Gasteiger partial charge in [-0.2, -0.15) is 9.57 Å². The van der Waals surface area contributed by atoms with E-state index < -0.39 is 10.0 Å². The van der Waals surface area contributed by atoms with Gasteiger partial charge in [-0.25, -0.2) is 8.42 Å². The van der Waals surface area contributed by atoms with E-state index in [4.69, 9.17) is 10.00 Å². The first-order chi connectivity index (χ1) is 8.96. The maximum atomic E-state index is 12.6. The fourth-order valence-corrected chi connectivity index (χ4v) is 4.01. The number of ether oxygens (including phenoxy) is 1. The molecule has 0 N–H and O–H groups in total. The molecule has 0 aromatic heterocycles. The van der Waals surface area contributed by atoms with Crippen LogP contribution in [0.2, 0.25) is 0 Å². The predicted molar refractivity (Wildman–Crippen MR) is 70.1 cm³/mol. The van der Waals surface area contributed by atoms with E-state index in [1.807, 2.05) is 13.0 Å². The van der Waals surface area contributed by atoms with Gasteiger partial charge in [-0.05, 0) is 37.6 Å². The van der Waals surface area contributed by atoms with Gasteiger partial charge in [-0.1, -0.05) is 0 Å². The van der Waals surface area contributed by atoms with Crippen LogP contribution in [0.3, 0.4) is 0 Å². The lowest BCUT2D eigenvalue weighted by Gasteiger charge is -2.32. The summed E-state index contributed by atoms with van der Waals surface area (Å²) in [5.74, 6) is 0. The Morgan fingerprint density at radius 1 is 1.47 bits per heavy atom. The lowest BCUT2D eigenvalue weighted by Crippen LogP contribution is -2.47. The molecule has 1 aromatic carbocycles. The molecule has 1 aromatic rings. The zero-order valence-electron chi connectivity index (χ0n) is 11.0. The molecule has 5 nitrogen and oxygen atoms in total. The van der Waals surface area contributed by atoms with E-state index in [9.17, 15) is 8.42 Å². The Labute approximate surface area is 113 Å². The zero-order chi connectivity index (χ0) is 14.0. The number of aryl methyl sites for hydroxylation is 1. The van der Waals surface area contributed by atoms with Crippen molar-refractivity contribution in [2.45, 2.75) is 24.8 Å². The predicted octanol–water partition coefficient (Wildman–Crippen LogP) is 1.28. The normalized spacial score (nSPS) is 21.0. The third-order valence-corrected chi connectivity index (χ3v) is 5.37. The minimum absolute atomic E-state index is 0.172. The summed E-state index contributed by atoms with van der Waals surface area (Å²) >= 11 is 0. The molecule has 0 amide bonds. The monoisotopic (exact) mass is 280 g/mol. The Morgan fingerprint density at radius 3 is 2.79 bits per heavy atom. The van der Waals surface area contributed by atoms with Gasteiger partial charge >= 0.3 is 0 Å². The van der Waals surface area contributed by atoms with Crippen molar-refractivity contribution in [3.8, 4) is 6.07 Å². The smallest absolute Gasteiger partial charge is 0.243 e. The number of hydrogen-bond acceptors (Lipinski definition) is 4. The highest BCUT2D eigenvalue weighted by atomic mass is 32.2. The standard InChI is InChI=1S/C13H16N2O3S/c1-10-7-12(8-14)3-4-13(10)19(16,17)15-5-6-18-9-11(15)2/h3-4,7,11H,5-6,9H2,1-2H3/t11-/m1/s1. The average Bonchev–Trinajstić information content (AvgIpc) is 2.38. The van der Waals surface area contributed by atoms with Crippen LogP contribution in [0.4, 0.5) is 0 Å². The third-order valence-electron chi connectivity index (χ3n) is 3.20. The summed E-state index contributed by atoms with van der Waals surface area (Å²) in [5.41, 5.74) is 1.06. The molecule has 1 heterocycles. The molecule has 0 bridgehead atoms. The van der Waals surface area contributed by atoms with E-state index in [0.29, 0.717) is 30.9 Å². The summed E-state index contributed by atoms with van der Waals surface area (Å²) in [6, 6.07) is 6.47. The fourth-order valence-electron chi connectivity index (χ4n) is 2.20. The highest BCUT2D eigenvalue weighted by molar-refractivity contribution is 7.89. The minimum Gasteiger partial charge on any atom is -0.378 e. The van der Waals surface area contributed by atoms with Crippen LogP contribution in [0.5, 0.6) is 0 Å². The maximum Gasteiger partial charge on any atom is 0.243 e. The molecule has 1 saturated heterocycles. The Balaban J connectivity index is 2.42. The highest BCUT2D eigenvalue weighted by Crippen LogP contribution is 2.24. The SMILES string of the molecule is Cc1cc(C#N)ccc1S(=O)(=O)N1CCOC[C@H]1C. The first kappa shape index (κ1) is 14.0. The quantitative estimate of drug-likeness (QED) is 0.818. The van der Waals surface area contributed by atoms with Crippen molar-refractivity contribution in [3.63, 3.8) is 0 Å². The molecular weight excluding hydrogens is 264 g/mol. The number of benzene rings is 1. The molecule has 1 aliphatic heterocycles. The average molecular weight is 280 g/mol. The van der Waals surface area contributed by atoms with Crippen molar-refractivity contribution in [1.82, 2.24) is 4.31 Å². The van der Waals surface area contributed by atoms with Gasteiger partial charge in [0.25, 0.3) is 0 Å². The van der Waals surface area contributed by atoms with Gasteiger partial charge in [-0.15, -0.1) is 0 Å². The summed E-state index contributed by atoms with van der Waals surface area (Å²) in [5, 5.41) is 8.82. The second kappa shape index (κ2) is 5.29. The molecule has 0 radical (unpaired) electrons. The van der Waals surface area contributed by atoms with Crippen LogP contribution in [0.15, 0.2) is 23.1 Å². The van der Waals surface area contributed by atoms with Crippen LogP contribution >= 0.6 is 0 Å². The van der Waals surface area contributed by atoms with E-state index >= 15 is 0 Å². The van der Waals surface area contributed by atoms with Gasteiger partial charge in [0.1, 0.15) is 0 Å². The van der Waals surface area contributed by atoms with Crippen molar-refractivity contribution < 1.29 is 13.2 Å². The molecule has 1 atom stereocenters. The largest absolute Gasteiger partial charge is 0.378 e. The second-order valence-electron chi connectivity index (χ2n) is 4.63.